The van der Waals surface area contributed by atoms with Gasteiger partial charge in [-0.15, -0.1) is 0 Å². The summed E-state index contributed by atoms with van der Waals surface area (Å²) in [7, 11) is 2.07. The van der Waals surface area contributed by atoms with E-state index in [2.05, 4.69) is 27.1 Å². The van der Waals surface area contributed by atoms with Gasteiger partial charge in [0.1, 0.15) is 17.9 Å². The number of aromatic amines is 1. The van der Waals surface area contributed by atoms with Gasteiger partial charge in [-0.3, -0.25) is 10.00 Å². The molecule has 0 spiro atoms. The highest BCUT2D eigenvalue weighted by molar-refractivity contribution is 6.31. The second-order valence-electron chi connectivity index (χ2n) is 6.02. The first-order chi connectivity index (χ1) is 11.7. The van der Waals surface area contributed by atoms with E-state index >= 15 is 0 Å². The Bertz CT molecular complexity index is 650. The second kappa shape index (κ2) is 7.96. The minimum absolute atomic E-state index is 0.0981. The molecule has 0 radical (unpaired) electrons. The van der Waals surface area contributed by atoms with Crippen LogP contribution < -0.4 is 4.74 Å². The molecule has 0 bridgehead atoms. The Labute approximate surface area is 147 Å². The van der Waals surface area contributed by atoms with Crippen molar-refractivity contribution in [3.05, 3.63) is 40.9 Å². The Balaban J connectivity index is 1.66. The lowest BCUT2D eigenvalue weighted by Gasteiger charge is -2.25. The molecule has 0 unspecified atom stereocenters. The smallest absolute Gasteiger partial charge is 0.137 e. The monoisotopic (exact) mass is 350 g/mol. The van der Waals surface area contributed by atoms with Crippen LogP contribution in [0.2, 0.25) is 5.02 Å². The number of halogens is 1. The Morgan fingerprint density at radius 2 is 2.33 bits per heavy atom. The van der Waals surface area contributed by atoms with Crippen LogP contribution in [0.3, 0.4) is 0 Å². The summed E-state index contributed by atoms with van der Waals surface area (Å²) in [4.78, 5) is 6.50. The zero-order chi connectivity index (χ0) is 16.9. The first-order valence-electron chi connectivity index (χ1n) is 8.24. The van der Waals surface area contributed by atoms with Crippen molar-refractivity contribution in [3.8, 4) is 5.75 Å². The zero-order valence-corrected chi connectivity index (χ0v) is 14.8. The molecular weight excluding hydrogens is 328 g/mol. The molecule has 1 N–H and O–H groups in total. The molecule has 1 saturated heterocycles. The van der Waals surface area contributed by atoms with E-state index in [1.165, 1.54) is 0 Å². The van der Waals surface area contributed by atoms with Crippen LogP contribution in [0.4, 0.5) is 0 Å². The van der Waals surface area contributed by atoms with Gasteiger partial charge in [0.05, 0.1) is 12.7 Å². The van der Waals surface area contributed by atoms with Crippen LogP contribution in [0.25, 0.3) is 0 Å². The number of H-pyrrole nitrogens is 1. The van der Waals surface area contributed by atoms with Gasteiger partial charge >= 0.3 is 0 Å². The molecule has 0 amide bonds. The molecule has 7 heteroatoms. The third-order valence-electron chi connectivity index (χ3n) is 4.29. The number of ether oxygens (including phenoxy) is 2. The van der Waals surface area contributed by atoms with Gasteiger partial charge in [-0.25, -0.2) is 4.98 Å². The van der Waals surface area contributed by atoms with E-state index in [1.54, 1.807) is 6.33 Å². The SMILES string of the molecule is CCOc1cccc(Cl)c1CN(C)C[C@H]1OCC[C@H]1c1ncn[nH]1. The van der Waals surface area contributed by atoms with Crippen LogP contribution in [0.15, 0.2) is 24.5 Å². The highest BCUT2D eigenvalue weighted by Gasteiger charge is 2.32. The predicted octanol–water partition coefficient (Wildman–Crippen LogP) is 2.86. The Morgan fingerprint density at radius 3 is 3.08 bits per heavy atom. The summed E-state index contributed by atoms with van der Waals surface area (Å²) >= 11 is 6.37. The summed E-state index contributed by atoms with van der Waals surface area (Å²) in [6.45, 7) is 4.85. The van der Waals surface area contributed by atoms with Crippen molar-refractivity contribution in [1.82, 2.24) is 20.1 Å². The van der Waals surface area contributed by atoms with Crippen molar-refractivity contribution < 1.29 is 9.47 Å². The molecule has 2 atom stereocenters. The number of likely N-dealkylation sites (N-methyl/N-ethyl adjacent to an activating group) is 1. The summed E-state index contributed by atoms with van der Waals surface area (Å²) in [6, 6.07) is 5.77. The van der Waals surface area contributed by atoms with Crippen molar-refractivity contribution >= 4 is 11.6 Å². The molecule has 0 saturated carbocycles. The highest BCUT2D eigenvalue weighted by Crippen LogP contribution is 2.31. The van der Waals surface area contributed by atoms with Crippen LogP contribution in [-0.4, -0.2) is 53.0 Å². The van der Waals surface area contributed by atoms with Gasteiger partial charge in [0.15, 0.2) is 0 Å². The maximum absolute atomic E-state index is 6.37. The van der Waals surface area contributed by atoms with Gasteiger partial charge in [-0.1, -0.05) is 17.7 Å². The van der Waals surface area contributed by atoms with Gasteiger partial charge in [-0.05, 0) is 32.5 Å². The molecule has 0 aliphatic carbocycles. The number of nitrogens with zero attached hydrogens (tertiary/aromatic N) is 3. The van der Waals surface area contributed by atoms with E-state index in [9.17, 15) is 0 Å². The number of hydrogen-bond acceptors (Lipinski definition) is 5. The molecule has 1 aromatic carbocycles. The van der Waals surface area contributed by atoms with Crippen LogP contribution in [0.1, 0.15) is 30.7 Å². The zero-order valence-electron chi connectivity index (χ0n) is 14.0. The average molecular weight is 351 g/mol. The second-order valence-corrected chi connectivity index (χ2v) is 6.43. The standard InChI is InChI=1S/C17H23ClN4O2/c1-3-23-15-6-4-5-14(18)13(15)9-22(2)10-16-12(7-8-24-16)17-19-11-20-21-17/h4-6,11-12,16H,3,7-10H2,1-2H3,(H,19,20,21)/t12-,16-/m1/s1. The van der Waals surface area contributed by atoms with Gasteiger partial charge < -0.3 is 9.47 Å². The quantitative estimate of drug-likeness (QED) is 0.831. The molecule has 1 aliphatic heterocycles. The average Bonchev–Trinajstić information content (AvgIpc) is 3.22. The molecule has 1 aromatic heterocycles. The highest BCUT2D eigenvalue weighted by atomic mass is 35.5. The van der Waals surface area contributed by atoms with Gasteiger partial charge in [0.25, 0.3) is 0 Å². The predicted molar refractivity (Wildman–Crippen MR) is 92.4 cm³/mol. The molecule has 1 fully saturated rings. The number of rotatable bonds is 7. The van der Waals surface area contributed by atoms with Crippen LogP contribution >= 0.6 is 11.6 Å². The normalized spacial score (nSPS) is 20.7. The summed E-state index contributed by atoms with van der Waals surface area (Å²) in [5.74, 6) is 2.00. The Hall–Kier alpha value is -1.63. The molecule has 3 rings (SSSR count). The first kappa shape index (κ1) is 17.2. The number of nitrogens with one attached hydrogen (secondary N) is 1. The largest absolute Gasteiger partial charge is 0.493 e. The van der Waals surface area contributed by atoms with Crippen molar-refractivity contribution in [2.75, 3.05) is 26.8 Å². The van der Waals surface area contributed by atoms with Crippen LogP contribution in [0.5, 0.6) is 5.75 Å². The fourth-order valence-corrected chi connectivity index (χ4v) is 3.39. The lowest BCUT2D eigenvalue weighted by Crippen LogP contribution is -2.32. The van der Waals surface area contributed by atoms with Crippen molar-refractivity contribution in [2.45, 2.75) is 31.9 Å². The van der Waals surface area contributed by atoms with Gasteiger partial charge in [-0.2, -0.15) is 5.10 Å². The molecule has 2 aromatic rings. The van der Waals surface area contributed by atoms with E-state index in [0.29, 0.717) is 13.2 Å². The molecule has 1 aliphatic rings. The fraction of sp³-hybridized carbons (Fsp3) is 0.529. The third kappa shape index (κ3) is 3.88. The first-order valence-corrected chi connectivity index (χ1v) is 8.62. The molecule has 6 nitrogen and oxygen atoms in total. The Morgan fingerprint density at radius 1 is 1.46 bits per heavy atom. The molecular formula is C17H23ClN4O2. The van der Waals surface area contributed by atoms with E-state index in [1.807, 2.05) is 25.1 Å². The van der Waals surface area contributed by atoms with Crippen molar-refractivity contribution in [3.63, 3.8) is 0 Å². The topological polar surface area (TPSA) is 63.3 Å². The number of hydrogen-bond donors (Lipinski definition) is 1. The maximum atomic E-state index is 6.37. The molecule has 130 valence electrons. The number of aromatic nitrogens is 3. The molecule has 2 heterocycles. The van der Waals surface area contributed by atoms with E-state index in [-0.39, 0.29) is 12.0 Å². The van der Waals surface area contributed by atoms with Crippen LogP contribution in [-0.2, 0) is 11.3 Å². The lowest BCUT2D eigenvalue weighted by molar-refractivity contribution is 0.0708. The minimum atomic E-state index is 0.0981. The minimum Gasteiger partial charge on any atom is -0.493 e. The molecule has 24 heavy (non-hydrogen) atoms. The Kier molecular flexibility index (Phi) is 5.71. The maximum Gasteiger partial charge on any atom is 0.137 e. The van der Waals surface area contributed by atoms with Gasteiger partial charge in [0, 0.05) is 36.2 Å². The fourth-order valence-electron chi connectivity index (χ4n) is 3.16. The summed E-state index contributed by atoms with van der Waals surface area (Å²) in [5.41, 5.74) is 1.01. The third-order valence-corrected chi connectivity index (χ3v) is 4.64. The van der Waals surface area contributed by atoms with E-state index < -0.39 is 0 Å². The van der Waals surface area contributed by atoms with Crippen molar-refractivity contribution in [2.24, 2.45) is 0 Å². The summed E-state index contributed by atoms with van der Waals surface area (Å²) in [6.07, 6.45) is 2.61. The van der Waals surface area contributed by atoms with E-state index in [4.69, 9.17) is 21.1 Å². The summed E-state index contributed by atoms with van der Waals surface area (Å²) in [5, 5.41) is 7.65. The van der Waals surface area contributed by atoms with E-state index in [0.717, 1.165) is 41.7 Å². The van der Waals surface area contributed by atoms with Crippen molar-refractivity contribution in [1.29, 1.82) is 0 Å². The number of benzene rings is 1. The van der Waals surface area contributed by atoms with Gasteiger partial charge in [0.2, 0.25) is 0 Å². The van der Waals surface area contributed by atoms with Crippen LogP contribution in [0, 0.1) is 0 Å². The lowest BCUT2D eigenvalue weighted by atomic mass is 10.0. The summed E-state index contributed by atoms with van der Waals surface area (Å²) < 4.78 is 11.6.